The van der Waals surface area contributed by atoms with E-state index in [2.05, 4.69) is 4.98 Å². The molecular formula is C10H9F3N2O. The van der Waals surface area contributed by atoms with Crippen LogP contribution in [0.15, 0.2) is 24.5 Å². The van der Waals surface area contributed by atoms with Gasteiger partial charge in [-0.15, -0.1) is 0 Å². The Morgan fingerprint density at radius 2 is 2.19 bits per heavy atom. The molecule has 0 saturated heterocycles. The first-order valence-electron chi connectivity index (χ1n) is 4.55. The van der Waals surface area contributed by atoms with Gasteiger partial charge in [-0.3, -0.25) is 0 Å². The van der Waals surface area contributed by atoms with E-state index in [1.54, 1.807) is 0 Å². The Labute approximate surface area is 89.5 Å². The molecule has 2 rings (SSSR count). The lowest BCUT2D eigenvalue weighted by Crippen LogP contribution is -2.08. The maximum atomic E-state index is 12.6. The molecule has 16 heavy (non-hydrogen) atoms. The molecule has 0 radical (unpaired) electrons. The summed E-state index contributed by atoms with van der Waals surface area (Å²) in [5.74, 6) is 0. The minimum atomic E-state index is -4.39. The number of hydrogen-bond donors (Lipinski definition) is 0. The van der Waals surface area contributed by atoms with Gasteiger partial charge in [0.05, 0.1) is 24.1 Å². The van der Waals surface area contributed by atoms with Crippen molar-refractivity contribution in [2.24, 2.45) is 0 Å². The summed E-state index contributed by atoms with van der Waals surface area (Å²) in [5.41, 5.74) is -0.247. The lowest BCUT2D eigenvalue weighted by atomic mass is 10.2. The monoisotopic (exact) mass is 230 g/mol. The summed E-state index contributed by atoms with van der Waals surface area (Å²) in [6, 6.07) is 2.36. The molecule has 2 heterocycles. The van der Waals surface area contributed by atoms with E-state index in [-0.39, 0.29) is 12.3 Å². The SMILES string of the molecule is COCc1cnc2c(C(F)(F)F)cccn12. The van der Waals surface area contributed by atoms with Crippen molar-refractivity contribution < 1.29 is 17.9 Å². The summed E-state index contributed by atoms with van der Waals surface area (Å²) < 4.78 is 44.1. The average molecular weight is 230 g/mol. The third-order valence-electron chi connectivity index (χ3n) is 2.21. The van der Waals surface area contributed by atoms with Crippen LogP contribution in [0.2, 0.25) is 0 Å². The van der Waals surface area contributed by atoms with Gasteiger partial charge in [-0.1, -0.05) is 0 Å². The maximum Gasteiger partial charge on any atom is 0.419 e. The molecule has 0 aliphatic carbocycles. The normalized spacial score (nSPS) is 12.2. The Kier molecular flexibility index (Phi) is 2.59. The molecular weight excluding hydrogens is 221 g/mol. The first-order valence-corrected chi connectivity index (χ1v) is 4.55. The van der Waals surface area contributed by atoms with E-state index >= 15 is 0 Å². The molecule has 0 aliphatic heterocycles. The standard InChI is InChI=1S/C10H9F3N2O/c1-16-6-7-5-14-9-8(10(11,12)13)3-2-4-15(7)9/h2-5H,6H2,1H3. The molecule has 0 N–H and O–H groups in total. The van der Waals surface area contributed by atoms with Crippen molar-refractivity contribution in [3.05, 3.63) is 35.8 Å². The highest BCUT2D eigenvalue weighted by Gasteiger charge is 2.33. The molecule has 0 spiro atoms. The maximum absolute atomic E-state index is 12.6. The van der Waals surface area contributed by atoms with Gasteiger partial charge >= 0.3 is 6.18 Å². The molecule has 0 bridgehead atoms. The molecule has 0 unspecified atom stereocenters. The van der Waals surface area contributed by atoms with Crippen LogP contribution in [0, 0.1) is 0 Å². The number of fused-ring (bicyclic) bond motifs is 1. The molecule has 0 saturated carbocycles. The first kappa shape index (κ1) is 10.9. The number of aromatic nitrogens is 2. The number of nitrogens with zero attached hydrogens (tertiary/aromatic N) is 2. The van der Waals surface area contributed by atoms with Crippen molar-refractivity contribution in [1.82, 2.24) is 9.38 Å². The van der Waals surface area contributed by atoms with Gasteiger partial charge in [-0.05, 0) is 12.1 Å². The summed E-state index contributed by atoms with van der Waals surface area (Å²) in [6.07, 6.45) is -1.47. The number of hydrogen-bond acceptors (Lipinski definition) is 2. The lowest BCUT2D eigenvalue weighted by Gasteiger charge is -2.08. The van der Waals surface area contributed by atoms with Gasteiger partial charge in [-0.25, -0.2) is 4.98 Å². The predicted octanol–water partition coefficient (Wildman–Crippen LogP) is 2.50. The van der Waals surface area contributed by atoms with Crippen LogP contribution in [0.5, 0.6) is 0 Å². The zero-order valence-electron chi connectivity index (χ0n) is 8.45. The predicted molar refractivity (Wildman–Crippen MR) is 50.9 cm³/mol. The molecule has 0 fully saturated rings. The van der Waals surface area contributed by atoms with Crippen LogP contribution in [0.4, 0.5) is 13.2 Å². The van der Waals surface area contributed by atoms with E-state index < -0.39 is 11.7 Å². The van der Waals surface area contributed by atoms with Gasteiger partial charge in [0.1, 0.15) is 5.65 Å². The Hall–Kier alpha value is -1.56. The van der Waals surface area contributed by atoms with E-state index in [0.29, 0.717) is 5.69 Å². The topological polar surface area (TPSA) is 26.5 Å². The van der Waals surface area contributed by atoms with Crippen LogP contribution >= 0.6 is 0 Å². The zero-order chi connectivity index (χ0) is 11.8. The molecule has 86 valence electrons. The van der Waals surface area contributed by atoms with Crippen molar-refractivity contribution in [3.63, 3.8) is 0 Å². The minimum Gasteiger partial charge on any atom is -0.378 e. The third kappa shape index (κ3) is 1.76. The number of pyridine rings is 1. The van der Waals surface area contributed by atoms with Gasteiger partial charge in [0.2, 0.25) is 0 Å². The van der Waals surface area contributed by atoms with E-state index in [0.717, 1.165) is 6.07 Å². The fraction of sp³-hybridized carbons (Fsp3) is 0.300. The lowest BCUT2D eigenvalue weighted by molar-refractivity contribution is -0.136. The number of halogens is 3. The number of methoxy groups -OCH3 is 1. The second kappa shape index (κ2) is 3.79. The van der Waals surface area contributed by atoms with E-state index in [9.17, 15) is 13.2 Å². The largest absolute Gasteiger partial charge is 0.419 e. The smallest absolute Gasteiger partial charge is 0.378 e. The molecule has 0 atom stereocenters. The summed E-state index contributed by atoms with van der Waals surface area (Å²) in [4.78, 5) is 3.77. The average Bonchev–Trinajstić information content (AvgIpc) is 2.61. The summed E-state index contributed by atoms with van der Waals surface area (Å²) in [7, 11) is 1.48. The van der Waals surface area contributed by atoms with Crippen molar-refractivity contribution in [2.75, 3.05) is 7.11 Å². The van der Waals surface area contributed by atoms with Gasteiger partial charge in [-0.2, -0.15) is 13.2 Å². The molecule has 0 amide bonds. The molecule has 2 aromatic heterocycles. The fourth-order valence-corrected chi connectivity index (χ4v) is 1.54. The van der Waals surface area contributed by atoms with E-state index in [1.807, 2.05) is 0 Å². The number of ether oxygens (including phenoxy) is 1. The molecule has 2 aromatic rings. The second-order valence-electron chi connectivity index (χ2n) is 3.30. The second-order valence-corrected chi connectivity index (χ2v) is 3.30. The van der Waals surface area contributed by atoms with Gasteiger partial charge in [0, 0.05) is 13.3 Å². The Morgan fingerprint density at radius 1 is 1.44 bits per heavy atom. The van der Waals surface area contributed by atoms with Crippen LogP contribution in [0.1, 0.15) is 11.3 Å². The summed E-state index contributed by atoms with van der Waals surface area (Å²) in [5, 5.41) is 0. The molecule has 0 aliphatic rings. The Balaban J connectivity index is 2.62. The van der Waals surface area contributed by atoms with Crippen LogP contribution in [0.3, 0.4) is 0 Å². The van der Waals surface area contributed by atoms with E-state index in [4.69, 9.17) is 4.74 Å². The van der Waals surface area contributed by atoms with Gasteiger partial charge in [0.15, 0.2) is 0 Å². The number of imidazole rings is 1. The molecule has 6 heteroatoms. The van der Waals surface area contributed by atoms with E-state index in [1.165, 1.54) is 30.0 Å². The van der Waals surface area contributed by atoms with Crippen molar-refractivity contribution >= 4 is 5.65 Å². The summed E-state index contributed by atoms with van der Waals surface area (Å²) in [6.45, 7) is 0.225. The Bertz CT molecular complexity index is 504. The number of rotatable bonds is 2. The first-order chi connectivity index (χ1) is 7.54. The van der Waals surface area contributed by atoms with Gasteiger partial charge in [0.25, 0.3) is 0 Å². The highest BCUT2D eigenvalue weighted by molar-refractivity contribution is 5.50. The quantitative estimate of drug-likeness (QED) is 0.792. The van der Waals surface area contributed by atoms with Crippen LogP contribution < -0.4 is 0 Å². The highest BCUT2D eigenvalue weighted by atomic mass is 19.4. The molecule has 3 nitrogen and oxygen atoms in total. The summed E-state index contributed by atoms with van der Waals surface area (Å²) >= 11 is 0. The molecule has 0 aromatic carbocycles. The minimum absolute atomic E-state index is 0.0953. The zero-order valence-corrected chi connectivity index (χ0v) is 8.45. The van der Waals surface area contributed by atoms with Crippen molar-refractivity contribution in [1.29, 1.82) is 0 Å². The number of alkyl halides is 3. The van der Waals surface area contributed by atoms with Crippen LogP contribution in [0.25, 0.3) is 5.65 Å². The fourth-order valence-electron chi connectivity index (χ4n) is 1.54. The van der Waals surface area contributed by atoms with Crippen LogP contribution in [-0.2, 0) is 17.5 Å². The van der Waals surface area contributed by atoms with Gasteiger partial charge < -0.3 is 9.14 Å². The Morgan fingerprint density at radius 3 is 2.81 bits per heavy atom. The van der Waals surface area contributed by atoms with Crippen LogP contribution in [-0.4, -0.2) is 16.5 Å². The third-order valence-corrected chi connectivity index (χ3v) is 2.21. The van der Waals surface area contributed by atoms with Crippen molar-refractivity contribution in [3.8, 4) is 0 Å². The highest BCUT2D eigenvalue weighted by Crippen LogP contribution is 2.32. The van der Waals surface area contributed by atoms with Crippen molar-refractivity contribution in [2.45, 2.75) is 12.8 Å².